The monoisotopic (exact) mass is 454 g/mol. The van der Waals surface area contributed by atoms with Crippen molar-refractivity contribution in [1.29, 1.82) is 0 Å². The summed E-state index contributed by atoms with van der Waals surface area (Å²) in [5, 5.41) is 7.20. The summed E-state index contributed by atoms with van der Waals surface area (Å²) < 4.78 is 60.4. The van der Waals surface area contributed by atoms with E-state index in [4.69, 9.17) is 4.74 Å². The summed E-state index contributed by atoms with van der Waals surface area (Å²) in [6, 6.07) is 2.33. The number of aryl methyl sites for hydroxylation is 1. The zero-order valence-corrected chi connectivity index (χ0v) is 17.2. The van der Waals surface area contributed by atoms with E-state index in [1.807, 2.05) is 6.92 Å². The molecule has 3 aliphatic rings. The molecular formula is C22H24F4N3O3. The number of hydrogen-bond acceptors (Lipinski definition) is 4. The number of hydrogen-bond donors (Lipinski definition) is 3. The molecule has 2 amide bonds. The van der Waals surface area contributed by atoms with Gasteiger partial charge in [-0.1, -0.05) is 6.92 Å². The number of dihydropyridines is 1. The van der Waals surface area contributed by atoms with Crippen molar-refractivity contribution in [3.63, 3.8) is 0 Å². The second-order valence-corrected chi connectivity index (χ2v) is 7.65. The van der Waals surface area contributed by atoms with Crippen molar-refractivity contribution in [3.8, 4) is 5.75 Å². The van der Waals surface area contributed by atoms with Crippen LogP contribution < -0.4 is 20.7 Å². The third-order valence-corrected chi connectivity index (χ3v) is 5.62. The summed E-state index contributed by atoms with van der Waals surface area (Å²) in [6.07, 6.45) is -2.12. The molecule has 1 atom stereocenters. The van der Waals surface area contributed by atoms with Crippen LogP contribution in [0.3, 0.4) is 0 Å². The van der Waals surface area contributed by atoms with Gasteiger partial charge in [-0.05, 0) is 48.9 Å². The van der Waals surface area contributed by atoms with Gasteiger partial charge in [0.1, 0.15) is 29.9 Å². The summed E-state index contributed by atoms with van der Waals surface area (Å²) in [5.74, 6) is -1.46. The Hall–Kier alpha value is -3.30. The van der Waals surface area contributed by atoms with Crippen LogP contribution >= 0.6 is 0 Å². The van der Waals surface area contributed by atoms with Crippen LogP contribution in [0.5, 0.6) is 5.75 Å². The Labute approximate surface area is 184 Å². The number of carbonyl (C=O) groups is 2. The fourth-order valence-corrected chi connectivity index (χ4v) is 4.03. The first-order chi connectivity index (χ1) is 15.1. The molecule has 0 fully saturated rings. The Kier molecular flexibility index (Phi) is 5.47. The van der Waals surface area contributed by atoms with Gasteiger partial charge in [-0.3, -0.25) is 9.59 Å². The van der Waals surface area contributed by atoms with Crippen molar-refractivity contribution in [1.82, 2.24) is 16.0 Å². The summed E-state index contributed by atoms with van der Waals surface area (Å²) in [6.45, 7) is 3.26. The van der Waals surface area contributed by atoms with Crippen LogP contribution in [-0.2, 0) is 16.0 Å². The molecular weight excluding hydrogens is 430 g/mol. The third kappa shape index (κ3) is 3.85. The second kappa shape index (κ2) is 7.99. The molecule has 6 nitrogen and oxygen atoms in total. The van der Waals surface area contributed by atoms with E-state index in [9.17, 15) is 27.2 Å². The number of alkyl halides is 3. The van der Waals surface area contributed by atoms with Crippen LogP contribution in [0.25, 0.3) is 0 Å². The normalized spacial score (nSPS) is 20.4. The second-order valence-electron chi connectivity index (χ2n) is 7.65. The number of nitrogens with one attached hydrogen (secondary N) is 3. The highest BCUT2D eigenvalue weighted by Crippen LogP contribution is 2.40. The topological polar surface area (TPSA) is 79.5 Å². The van der Waals surface area contributed by atoms with Crippen LogP contribution in [0.4, 0.5) is 17.6 Å². The maximum absolute atomic E-state index is 14.5. The Balaban J connectivity index is 0.00000204. The van der Waals surface area contributed by atoms with Gasteiger partial charge in [-0.15, -0.1) is 0 Å². The van der Waals surface area contributed by atoms with Gasteiger partial charge in [0.25, 0.3) is 0 Å². The average Bonchev–Trinajstić information content (AvgIpc) is 3.12. The molecule has 1 radical (unpaired) electrons. The van der Waals surface area contributed by atoms with Gasteiger partial charge < -0.3 is 20.7 Å². The van der Waals surface area contributed by atoms with E-state index in [1.165, 1.54) is 19.1 Å². The molecule has 3 aliphatic heterocycles. The van der Waals surface area contributed by atoms with Crippen LogP contribution in [0.2, 0.25) is 0 Å². The molecule has 173 valence electrons. The van der Waals surface area contributed by atoms with E-state index in [0.717, 1.165) is 11.8 Å². The summed E-state index contributed by atoms with van der Waals surface area (Å²) in [5.41, 5.74) is -0.309. The standard InChI is InChI=1S/C22H20F4N3O3.2H2/c1-3-11-6-13(23)19-15(9-32-16(19)7-11)28-17(30)8-12-10(2)18-14(29-21(12)31)4-5-27-20(18)22(24,25)26;;/h4-7,15,27H,3,8-9H2,1-2H3,(H,28,30)(H,29,31);2*1H/t15-;;/m1../s1. The van der Waals surface area contributed by atoms with Gasteiger partial charge in [0, 0.05) is 14.0 Å². The van der Waals surface area contributed by atoms with E-state index in [2.05, 4.69) is 16.0 Å². The third-order valence-electron chi connectivity index (χ3n) is 5.62. The molecule has 1 aromatic carbocycles. The molecule has 1 aromatic rings. The molecule has 0 saturated heterocycles. The lowest BCUT2D eigenvalue weighted by Gasteiger charge is -2.32. The van der Waals surface area contributed by atoms with Crippen LogP contribution in [0.1, 0.15) is 40.3 Å². The minimum absolute atomic E-state index is 0. The Bertz CT molecular complexity index is 1100. The minimum atomic E-state index is -4.68. The zero-order chi connectivity index (χ0) is 23.2. The number of benzene rings is 1. The minimum Gasteiger partial charge on any atom is -0.491 e. The molecule has 3 heterocycles. The largest absolute Gasteiger partial charge is 0.491 e. The molecule has 10 heteroatoms. The predicted octanol–water partition coefficient (Wildman–Crippen LogP) is 3.73. The van der Waals surface area contributed by atoms with E-state index < -0.39 is 42.0 Å². The Morgan fingerprint density at radius 3 is 2.78 bits per heavy atom. The van der Waals surface area contributed by atoms with Gasteiger partial charge in [0.05, 0.1) is 18.0 Å². The maximum atomic E-state index is 14.5. The number of allylic oxidation sites excluding steroid dienone is 1. The highest BCUT2D eigenvalue weighted by atomic mass is 19.4. The van der Waals surface area contributed by atoms with E-state index in [0.29, 0.717) is 12.2 Å². The van der Waals surface area contributed by atoms with Crippen molar-refractivity contribution in [2.24, 2.45) is 0 Å². The van der Waals surface area contributed by atoms with Crippen LogP contribution in [0, 0.1) is 11.9 Å². The molecule has 4 rings (SSSR count). The zero-order valence-electron chi connectivity index (χ0n) is 17.2. The van der Waals surface area contributed by atoms with Gasteiger partial charge in [-0.25, -0.2) is 4.39 Å². The number of carbonyl (C=O) groups excluding carboxylic acids is 2. The number of rotatable bonds is 4. The molecule has 3 N–H and O–H groups in total. The van der Waals surface area contributed by atoms with Crippen molar-refractivity contribution in [3.05, 3.63) is 69.8 Å². The first kappa shape index (κ1) is 21.9. The number of halogens is 4. The maximum Gasteiger partial charge on any atom is 0.431 e. The van der Waals surface area contributed by atoms with Crippen molar-refractivity contribution in [2.45, 2.75) is 38.9 Å². The first-order valence-corrected chi connectivity index (χ1v) is 9.98. The lowest BCUT2D eigenvalue weighted by molar-refractivity contribution is -0.123. The number of amides is 2. The van der Waals surface area contributed by atoms with E-state index in [1.54, 1.807) is 6.07 Å². The Morgan fingerprint density at radius 2 is 2.09 bits per heavy atom. The number of ether oxygens (including phenoxy) is 1. The van der Waals surface area contributed by atoms with Gasteiger partial charge in [-0.2, -0.15) is 13.2 Å². The van der Waals surface area contributed by atoms with Gasteiger partial charge in [0.15, 0.2) is 0 Å². The van der Waals surface area contributed by atoms with Crippen molar-refractivity contribution in [2.75, 3.05) is 6.61 Å². The lowest BCUT2D eigenvalue weighted by atomic mass is 9.86. The molecule has 32 heavy (non-hydrogen) atoms. The quantitative estimate of drug-likeness (QED) is 0.606. The molecule has 0 aromatic heterocycles. The van der Waals surface area contributed by atoms with Crippen molar-refractivity contribution < 1.29 is 34.7 Å². The summed E-state index contributed by atoms with van der Waals surface area (Å²) in [7, 11) is 0. The molecule has 0 unspecified atom stereocenters. The fourth-order valence-electron chi connectivity index (χ4n) is 4.03. The van der Waals surface area contributed by atoms with Gasteiger partial charge in [0.2, 0.25) is 11.8 Å². The SMILES string of the molecule is CCc1cc(F)c2c(c1)OC[C@H]2NC(=O)CC1=C(C)C2=C(C(F)(F)F)NC=C[C]2NC1=O.[HH].[HH]. The highest BCUT2D eigenvalue weighted by molar-refractivity contribution is 6.03. The number of fused-ring (bicyclic) bond motifs is 2. The van der Waals surface area contributed by atoms with Crippen LogP contribution in [-0.4, -0.2) is 24.6 Å². The highest BCUT2D eigenvalue weighted by Gasteiger charge is 2.43. The molecule has 0 spiro atoms. The molecule has 0 aliphatic carbocycles. The lowest BCUT2D eigenvalue weighted by Crippen LogP contribution is -2.42. The molecule has 0 bridgehead atoms. The fraction of sp³-hybridized carbons (Fsp3) is 0.318. The summed E-state index contributed by atoms with van der Waals surface area (Å²) in [4.78, 5) is 25.2. The van der Waals surface area contributed by atoms with Gasteiger partial charge >= 0.3 is 6.18 Å². The smallest absolute Gasteiger partial charge is 0.431 e. The summed E-state index contributed by atoms with van der Waals surface area (Å²) >= 11 is 0. The first-order valence-electron chi connectivity index (χ1n) is 9.98. The van der Waals surface area contributed by atoms with E-state index in [-0.39, 0.29) is 37.8 Å². The van der Waals surface area contributed by atoms with Crippen molar-refractivity contribution >= 4 is 11.8 Å². The molecule has 0 saturated carbocycles. The van der Waals surface area contributed by atoms with Crippen LogP contribution in [0.15, 0.2) is 46.8 Å². The van der Waals surface area contributed by atoms with E-state index >= 15 is 0 Å². The Morgan fingerprint density at radius 1 is 1.34 bits per heavy atom. The predicted molar refractivity (Wildman–Crippen MR) is 110 cm³/mol. The average molecular weight is 454 g/mol.